The summed E-state index contributed by atoms with van der Waals surface area (Å²) in [7, 11) is -0.635. The van der Waals surface area contributed by atoms with Crippen molar-refractivity contribution >= 4 is 37.8 Å². The molecule has 2 atom stereocenters. The van der Waals surface area contributed by atoms with Crippen LogP contribution in [0.3, 0.4) is 0 Å². The lowest BCUT2D eigenvalue weighted by Crippen LogP contribution is -2.41. The van der Waals surface area contributed by atoms with Crippen molar-refractivity contribution in [3.63, 3.8) is 0 Å². The minimum Gasteiger partial charge on any atom is -0.495 e. The zero-order valence-electron chi connectivity index (χ0n) is 21.1. The lowest BCUT2D eigenvalue weighted by Gasteiger charge is -2.29. The molecule has 5 rings (SSSR count). The number of amides is 2. The van der Waals surface area contributed by atoms with Crippen molar-refractivity contribution in [2.45, 2.75) is 29.9 Å². The Morgan fingerprint density at radius 2 is 1.61 bits per heavy atom. The van der Waals surface area contributed by atoms with Crippen LogP contribution in [0, 0.1) is 0 Å². The molecule has 1 saturated heterocycles. The summed E-state index contributed by atoms with van der Waals surface area (Å²) in [6, 6.07) is 20.6. The minimum absolute atomic E-state index is 0.0803. The summed E-state index contributed by atoms with van der Waals surface area (Å²) in [6.07, 6.45) is 0.465. The molecule has 0 saturated carbocycles. The summed E-state index contributed by atoms with van der Waals surface area (Å²) in [5.74, 6) is -0.356. The maximum atomic E-state index is 14.2. The second-order valence-electron chi connectivity index (χ2n) is 9.58. The molecule has 0 bridgehead atoms. The molecule has 0 radical (unpaired) electrons. The Morgan fingerprint density at radius 3 is 2.24 bits per heavy atom. The number of fused-ring (bicyclic) bond motifs is 1. The third-order valence-corrected chi connectivity index (χ3v) is 9.65. The van der Waals surface area contributed by atoms with Crippen LogP contribution in [0.15, 0.2) is 82.2 Å². The van der Waals surface area contributed by atoms with Crippen molar-refractivity contribution < 1.29 is 22.7 Å². The van der Waals surface area contributed by atoms with E-state index in [0.29, 0.717) is 28.6 Å². The van der Waals surface area contributed by atoms with Gasteiger partial charge in [-0.05, 0) is 49.4 Å². The zero-order chi connectivity index (χ0) is 27.0. The Kier molecular flexibility index (Phi) is 7.41. The van der Waals surface area contributed by atoms with Crippen LogP contribution in [0.2, 0.25) is 0 Å². The second-order valence-corrected chi connectivity index (χ2v) is 12.4. The minimum atomic E-state index is -3.98. The number of benzene rings is 3. The molecular formula is C28H28BrN3O5S. The Morgan fingerprint density at radius 1 is 0.974 bits per heavy atom. The predicted octanol–water partition coefficient (Wildman–Crippen LogP) is 4.02. The van der Waals surface area contributed by atoms with E-state index in [1.165, 1.54) is 16.3 Å². The lowest BCUT2D eigenvalue weighted by molar-refractivity contribution is 0.0618. The number of nitrogens with zero attached hydrogens (tertiary/aromatic N) is 3. The average molecular weight is 599 g/mol. The van der Waals surface area contributed by atoms with Gasteiger partial charge in [0.2, 0.25) is 10.0 Å². The van der Waals surface area contributed by atoms with E-state index < -0.39 is 10.0 Å². The highest BCUT2D eigenvalue weighted by molar-refractivity contribution is 9.10. The smallest absolute Gasteiger partial charge is 0.261 e. The molecule has 0 spiro atoms. The maximum Gasteiger partial charge on any atom is 0.261 e. The molecule has 1 fully saturated rings. The van der Waals surface area contributed by atoms with E-state index in [2.05, 4.69) is 15.9 Å². The third kappa shape index (κ3) is 4.89. The number of ether oxygens (including phenoxy) is 1. The molecule has 2 aliphatic heterocycles. The molecule has 3 aromatic carbocycles. The fraction of sp³-hybridized carbons (Fsp3) is 0.286. The number of hydrogen-bond donors (Lipinski definition) is 0. The zero-order valence-corrected chi connectivity index (χ0v) is 23.5. The van der Waals surface area contributed by atoms with Crippen molar-refractivity contribution in [1.29, 1.82) is 0 Å². The van der Waals surface area contributed by atoms with Gasteiger partial charge >= 0.3 is 0 Å². The molecule has 0 aliphatic carbocycles. The van der Waals surface area contributed by atoms with Crippen LogP contribution >= 0.6 is 15.9 Å². The molecule has 0 unspecified atom stereocenters. The van der Waals surface area contributed by atoms with Gasteiger partial charge in [-0.1, -0.05) is 58.4 Å². The molecule has 2 amide bonds. The number of sulfonamides is 1. The van der Waals surface area contributed by atoms with E-state index in [1.807, 2.05) is 42.3 Å². The molecule has 2 aliphatic rings. The van der Waals surface area contributed by atoms with Gasteiger partial charge in [0.05, 0.1) is 18.2 Å². The monoisotopic (exact) mass is 597 g/mol. The van der Waals surface area contributed by atoms with E-state index in [1.54, 1.807) is 42.5 Å². The van der Waals surface area contributed by atoms with Gasteiger partial charge in [0.25, 0.3) is 11.8 Å². The third-order valence-electron chi connectivity index (χ3n) is 7.24. The Balaban J connectivity index is 1.44. The normalized spacial score (nSPS) is 19.8. The highest BCUT2D eigenvalue weighted by Crippen LogP contribution is 2.35. The molecule has 2 heterocycles. The first-order valence-corrected chi connectivity index (χ1v) is 14.5. The van der Waals surface area contributed by atoms with Crippen LogP contribution in [-0.2, 0) is 16.6 Å². The predicted molar refractivity (Wildman–Crippen MR) is 146 cm³/mol. The first-order chi connectivity index (χ1) is 18.2. The van der Waals surface area contributed by atoms with Gasteiger partial charge in [-0.15, -0.1) is 0 Å². The fourth-order valence-corrected chi connectivity index (χ4v) is 7.55. The largest absolute Gasteiger partial charge is 0.495 e. The Hall–Kier alpha value is -3.05. The van der Waals surface area contributed by atoms with Gasteiger partial charge in [-0.2, -0.15) is 4.31 Å². The Bertz CT molecular complexity index is 1450. The van der Waals surface area contributed by atoms with E-state index in [9.17, 15) is 18.0 Å². The highest BCUT2D eigenvalue weighted by atomic mass is 79.9. The van der Waals surface area contributed by atoms with E-state index in [4.69, 9.17) is 4.74 Å². The number of imide groups is 1. The van der Waals surface area contributed by atoms with Crippen molar-refractivity contribution in [1.82, 2.24) is 14.1 Å². The van der Waals surface area contributed by atoms with Gasteiger partial charge in [0, 0.05) is 36.2 Å². The van der Waals surface area contributed by atoms with Crippen LogP contribution in [0.4, 0.5) is 0 Å². The van der Waals surface area contributed by atoms with Crippen LogP contribution in [0.5, 0.6) is 5.75 Å². The van der Waals surface area contributed by atoms with Crippen LogP contribution < -0.4 is 4.74 Å². The van der Waals surface area contributed by atoms with Gasteiger partial charge in [0.15, 0.2) is 0 Å². The summed E-state index contributed by atoms with van der Waals surface area (Å²) in [4.78, 5) is 29.3. The first kappa shape index (κ1) is 26.6. The molecular weight excluding hydrogens is 570 g/mol. The second kappa shape index (κ2) is 10.6. The SMILES string of the molecule is COc1ccc(Br)cc1S(=O)(=O)N(Cc1ccccc1)[C@@H]1C[C@H](CN2C(=O)c3ccccc3C2=O)N(C)C1. The first-order valence-electron chi connectivity index (χ1n) is 12.3. The van der Waals surface area contributed by atoms with E-state index in [0.717, 1.165) is 5.56 Å². The van der Waals surface area contributed by atoms with Gasteiger partial charge in [-0.3, -0.25) is 19.4 Å². The number of carbonyl (C=O) groups excluding carboxylic acids is 2. The summed E-state index contributed by atoms with van der Waals surface area (Å²) >= 11 is 3.39. The standard InChI is InChI=1S/C28H28BrN3O5S/c1-30-17-22(15-21(30)18-31-27(33)23-10-6-7-11-24(23)28(31)34)32(16-19-8-4-3-5-9-19)38(35,36)26-14-20(29)12-13-25(26)37-2/h3-14,21-22H,15-18H2,1-2H3/t21-,22-/m1/s1. The van der Waals surface area contributed by atoms with Gasteiger partial charge in [0.1, 0.15) is 10.6 Å². The molecule has 0 aromatic heterocycles. The number of hydrogen-bond acceptors (Lipinski definition) is 6. The highest BCUT2D eigenvalue weighted by Gasteiger charge is 2.43. The van der Waals surface area contributed by atoms with E-state index >= 15 is 0 Å². The molecule has 10 heteroatoms. The average Bonchev–Trinajstić information content (AvgIpc) is 3.40. The number of methoxy groups -OCH3 is 1. The fourth-order valence-electron chi connectivity index (χ4n) is 5.24. The van der Waals surface area contributed by atoms with Crippen LogP contribution in [0.25, 0.3) is 0 Å². The summed E-state index contributed by atoms with van der Waals surface area (Å²) in [5, 5.41) is 0. The maximum absolute atomic E-state index is 14.2. The van der Waals surface area contributed by atoms with E-state index in [-0.39, 0.29) is 47.6 Å². The molecule has 38 heavy (non-hydrogen) atoms. The number of likely N-dealkylation sites (tertiary alicyclic amines) is 1. The van der Waals surface area contributed by atoms with Crippen molar-refractivity contribution in [3.8, 4) is 5.75 Å². The molecule has 8 nitrogen and oxygen atoms in total. The molecule has 3 aromatic rings. The topological polar surface area (TPSA) is 87.2 Å². The van der Waals surface area contributed by atoms with Crippen molar-refractivity contribution in [2.75, 3.05) is 27.2 Å². The number of halogens is 1. The molecule has 198 valence electrons. The number of rotatable bonds is 8. The summed E-state index contributed by atoms with van der Waals surface area (Å²) < 4.78 is 35.9. The van der Waals surface area contributed by atoms with Crippen molar-refractivity contribution in [3.05, 3.63) is 94.0 Å². The summed E-state index contributed by atoms with van der Waals surface area (Å²) in [6.45, 7) is 0.825. The Labute approximate surface area is 231 Å². The van der Waals surface area contributed by atoms with Gasteiger partial charge in [-0.25, -0.2) is 8.42 Å². The number of carbonyl (C=O) groups is 2. The number of likely N-dealkylation sites (N-methyl/N-ethyl adjacent to an activating group) is 1. The quantitative estimate of drug-likeness (QED) is 0.365. The summed E-state index contributed by atoms with van der Waals surface area (Å²) in [5.41, 5.74) is 1.67. The lowest BCUT2D eigenvalue weighted by atomic mass is 10.1. The van der Waals surface area contributed by atoms with Crippen LogP contribution in [-0.4, -0.2) is 73.7 Å². The van der Waals surface area contributed by atoms with Gasteiger partial charge < -0.3 is 4.74 Å². The van der Waals surface area contributed by atoms with Crippen molar-refractivity contribution in [2.24, 2.45) is 0 Å². The van der Waals surface area contributed by atoms with Crippen LogP contribution in [0.1, 0.15) is 32.7 Å². The molecule has 0 N–H and O–H groups in total.